The molecule has 4 atom stereocenters. The van der Waals surface area contributed by atoms with Crippen LogP contribution in [0.4, 0.5) is 0 Å². The van der Waals surface area contributed by atoms with E-state index in [4.69, 9.17) is 0 Å². The van der Waals surface area contributed by atoms with Crippen LogP contribution in [0, 0.1) is 11.8 Å². The van der Waals surface area contributed by atoms with E-state index in [0.29, 0.717) is 57.1 Å². The SMILES string of the molecule is CC(C)c1cc(C(C)C)cc([Si](c2cc(C(C)C)cc(C(C)C)c2)(c2cc(C(C)C)cc(C(C)C)c2)C2[CH]([Ti+3])CC3C=CC=CC32)c1.[Cl-].[Cl-].[Cl-]. The number of hydrogen-bond donors (Lipinski definition) is 0. The minimum atomic E-state index is -2.71. The molecule has 0 aromatic heterocycles. The molecule has 4 unspecified atom stereocenters. The summed E-state index contributed by atoms with van der Waals surface area (Å²) in [6.07, 6.45) is 11.1. The predicted octanol–water partition coefficient (Wildman–Crippen LogP) is 2.38. The van der Waals surface area contributed by atoms with Gasteiger partial charge in [-0.3, -0.25) is 0 Å². The van der Waals surface area contributed by atoms with E-state index in [2.05, 4.69) is 182 Å². The number of rotatable bonds is 10. The van der Waals surface area contributed by atoms with Crippen LogP contribution in [-0.4, -0.2) is 8.07 Å². The van der Waals surface area contributed by atoms with Gasteiger partial charge in [-0.25, -0.2) is 0 Å². The van der Waals surface area contributed by atoms with Crippen molar-refractivity contribution in [1.82, 2.24) is 0 Å². The third-order valence-corrected chi connectivity index (χ3v) is 18.3. The molecule has 0 bridgehead atoms. The van der Waals surface area contributed by atoms with Crippen LogP contribution in [0.1, 0.15) is 158 Å². The topological polar surface area (TPSA) is 0 Å². The van der Waals surface area contributed by atoms with Crippen molar-refractivity contribution in [3.05, 3.63) is 112 Å². The van der Waals surface area contributed by atoms with Gasteiger partial charge in [0.05, 0.1) is 0 Å². The Bertz CT molecular complexity index is 1400. The molecule has 5 heteroatoms. The van der Waals surface area contributed by atoms with Crippen molar-refractivity contribution < 1.29 is 57.7 Å². The first kappa shape index (κ1) is 45.1. The van der Waals surface area contributed by atoms with E-state index in [-0.39, 0.29) is 37.2 Å². The molecule has 1 fully saturated rings. The molecular formula is C45H61Cl3SiTi. The van der Waals surface area contributed by atoms with Gasteiger partial charge in [0.25, 0.3) is 0 Å². The molecule has 5 rings (SSSR count). The van der Waals surface area contributed by atoms with Gasteiger partial charge >= 0.3 is 303 Å². The Kier molecular flexibility index (Phi) is 16.5. The molecule has 2 aliphatic carbocycles. The third kappa shape index (κ3) is 8.83. The molecule has 0 radical (unpaired) electrons. The second kappa shape index (κ2) is 18.3. The molecule has 50 heavy (non-hydrogen) atoms. The van der Waals surface area contributed by atoms with Gasteiger partial charge in [0.15, 0.2) is 0 Å². The van der Waals surface area contributed by atoms with E-state index in [9.17, 15) is 0 Å². The van der Waals surface area contributed by atoms with Gasteiger partial charge < -0.3 is 37.2 Å². The number of allylic oxidation sites excluding steroid dienone is 4. The van der Waals surface area contributed by atoms with Crippen molar-refractivity contribution in [2.24, 2.45) is 11.8 Å². The van der Waals surface area contributed by atoms with Gasteiger partial charge in [0.1, 0.15) is 0 Å². The molecule has 0 nitrogen and oxygen atoms in total. The third-order valence-electron chi connectivity index (χ3n) is 11.5. The molecule has 0 spiro atoms. The van der Waals surface area contributed by atoms with Crippen molar-refractivity contribution >= 4 is 23.6 Å². The summed E-state index contributed by atoms with van der Waals surface area (Å²) in [7, 11) is -2.71. The largest absolute Gasteiger partial charge is 1.00 e. The molecular weight excluding hydrogens is 723 g/mol. The standard InChI is InChI=1S/C45H61Si.3ClH.Ti/c1-28(2)35-19-36(29(3)4)23-41(22-35)46(45-18-17-34-15-13-14-16-44(34)45,42-24-37(30(5)6)20-38(25-42)31(7)8)43-26-39(32(9)10)21-40(27-43)33(11)12;;;;/h13-16,18-34,44-45H,17H2,1-12H3;3*1H;/q;;;;+3/p-3. The molecule has 0 saturated heterocycles. The van der Waals surface area contributed by atoms with E-state index in [0.717, 1.165) is 0 Å². The van der Waals surface area contributed by atoms with Crippen LogP contribution >= 0.6 is 0 Å². The zero-order chi connectivity index (χ0) is 34.4. The number of halogens is 3. The minimum Gasteiger partial charge on any atom is -1.00 e. The fourth-order valence-electron chi connectivity index (χ4n) is 8.38. The van der Waals surface area contributed by atoms with E-state index in [1.54, 1.807) is 15.6 Å². The summed E-state index contributed by atoms with van der Waals surface area (Å²) in [6, 6.07) is 23.7. The van der Waals surface area contributed by atoms with Crippen molar-refractivity contribution in [2.45, 2.75) is 135 Å². The first-order chi connectivity index (χ1) is 22.1. The Balaban J connectivity index is 0.00000289. The minimum absolute atomic E-state index is 0. The summed E-state index contributed by atoms with van der Waals surface area (Å²) in [5.74, 6) is 4.03. The number of hydrogen-bond acceptors (Lipinski definition) is 0. The summed E-state index contributed by atoms with van der Waals surface area (Å²) in [5.41, 5.74) is 9.54. The van der Waals surface area contributed by atoms with Crippen LogP contribution in [0.15, 0.2) is 78.9 Å². The van der Waals surface area contributed by atoms with Crippen LogP contribution in [0.3, 0.4) is 0 Å². The van der Waals surface area contributed by atoms with Crippen LogP contribution in [0.5, 0.6) is 0 Å². The predicted molar refractivity (Wildman–Crippen MR) is 206 cm³/mol. The fourth-order valence-corrected chi connectivity index (χ4v) is 16.5. The first-order valence-corrected chi connectivity index (χ1v) is 21.6. The van der Waals surface area contributed by atoms with E-state index >= 15 is 0 Å². The second-order valence-electron chi connectivity index (χ2n) is 16.8. The van der Waals surface area contributed by atoms with Gasteiger partial charge in [0, 0.05) is 0 Å². The zero-order valence-corrected chi connectivity index (χ0v) is 37.4. The quantitative estimate of drug-likeness (QED) is 0.219. The first-order valence-electron chi connectivity index (χ1n) is 18.7. The maximum atomic E-state index is 2.69. The zero-order valence-electron chi connectivity index (χ0n) is 32.6. The van der Waals surface area contributed by atoms with Gasteiger partial charge in [0.2, 0.25) is 0 Å². The summed E-state index contributed by atoms with van der Waals surface area (Å²) < 4.78 is 0.615. The summed E-state index contributed by atoms with van der Waals surface area (Å²) in [5, 5.41) is 4.91. The number of fused-ring (bicyclic) bond motifs is 1. The molecule has 1 saturated carbocycles. The van der Waals surface area contributed by atoms with Crippen molar-refractivity contribution in [3.63, 3.8) is 0 Å². The molecule has 0 aliphatic heterocycles. The monoisotopic (exact) mass is 782 g/mol. The van der Waals surface area contributed by atoms with Gasteiger partial charge in [-0.05, 0) is 0 Å². The van der Waals surface area contributed by atoms with Crippen LogP contribution < -0.4 is 52.8 Å². The Morgan fingerprint density at radius 3 is 1.02 bits per heavy atom. The number of benzene rings is 3. The Morgan fingerprint density at radius 1 is 0.460 bits per heavy atom. The van der Waals surface area contributed by atoms with E-state index in [1.165, 1.54) is 39.8 Å². The smallest absolute Gasteiger partial charge is 1.00 e. The average molecular weight is 784 g/mol. The molecule has 2 aliphatic rings. The molecule has 3 aromatic carbocycles. The molecule has 3 aromatic rings. The van der Waals surface area contributed by atoms with E-state index < -0.39 is 8.07 Å². The van der Waals surface area contributed by atoms with Crippen LogP contribution in [0.25, 0.3) is 0 Å². The maximum Gasteiger partial charge on any atom is -1.00 e. The van der Waals surface area contributed by atoms with Crippen LogP contribution in [0.2, 0.25) is 9.76 Å². The molecule has 0 amide bonds. The molecule has 0 N–H and O–H groups in total. The Labute approximate surface area is 337 Å². The van der Waals surface area contributed by atoms with E-state index in [1.807, 2.05) is 0 Å². The summed E-state index contributed by atoms with van der Waals surface area (Å²) >= 11 is 2.60. The summed E-state index contributed by atoms with van der Waals surface area (Å²) in [4.78, 5) is 0. The van der Waals surface area contributed by atoms with Gasteiger partial charge in [-0.15, -0.1) is 0 Å². The van der Waals surface area contributed by atoms with Gasteiger partial charge in [-0.1, -0.05) is 0 Å². The van der Waals surface area contributed by atoms with Crippen molar-refractivity contribution in [1.29, 1.82) is 0 Å². The molecule has 270 valence electrons. The fraction of sp³-hybridized carbons (Fsp3) is 0.511. The van der Waals surface area contributed by atoms with Crippen molar-refractivity contribution in [2.75, 3.05) is 0 Å². The maximum absolute atomic E-state index is 2.71. The Morgan fingerprint density at radius 2 is 0.740 bits per heavy atom. The van der Waals surface area contributed by atoms with Gasteiger partial charge in [-0.2, -0.15) is 0 Å². The van der Waals surface area contributed by atoms with Crippen molar-refractivity contribution in [3.8, 4) is 0 Å². The normalized spacial score (nSPS) is 20.1. The Hall–Kier alpha value is -1.06. The second-order valence-corrected chi connectivity index (χ2v) is 22.0. The van der Waals surface area contributed by atoms with Crippen LogP contribution in [-0.2, 0) is 20.4 Å². The average Bonchev–Trinajstić information content (AvgIpc) is 3.36. The molecule has 0 heterocycles. The summed E-state index contributed by atoms with van der Waals surface area (Å²) in [6.45, 7) is 28.7.